The number of benzene rings is 3. The summed E-state index contributed by atoms with van der Waals surface area (Å²) in [5, 5.41) is 13.7. The summed E-state index contributed by atoms with van der Waals surface area (Å²) >= 11 is 0. The molecule has 13 nitrogen and oxygen atoms in total. The number of rotatable bonds is 13. The summed E-state index contributed by atoms with van der Waals surface area (Å²) in [5.74, 6) is 3.67. The van der Waals surface area contributed by atoms with Crippen molar-refractivity contribution in [2.45, 2.75) is 56.9 Å². The fourth-order valence-corrected chi connectivity index (χ4v) is 9.05. The number of aromatic nitrogens is 2. The van der Waals surface area contributed by atoms with Gasteiger partial charge >= 0.3 is 6.03 Å². The third-order valence-corrected chi connectivity index (χ3v) is 12.6. The Balaban J connectivity index is 0.728. The Morgan fingerprint density at radius 3 is 2.07 bits per heavy atom. The van der Waals surface area contributed by atoms with Crippen LogP contribution in [0.15, 0.2) is 85.2 Å². The predicted octanol–water partition coefficient (Wildman–Crippen LogP) is 4.96. The Bertz CT molecular complexity index is 2000. The Morgan fingerprint density at radius 2 is 1.40 bits per heavy atom. The van der Waals surface area contributed by atoms with Crippen molar-refractivity contribution in [1.29, 1.82) is 5.41 Å². The van der Waals surface area contributed by atoms with E-state index in [4.69, 9.17) is 15.9 Å². The molecule has 4 aromatic rings. The van der Waals surface area contributed by atoms with Gasteiger partial charge in [0.2, 0.25) is 11.7 Å². The Kier molecular flexibility index (Phi) is 12.7. The van der Waals surface area contributed by atoms with Gasteiger partial charge in [0.05, 0.1) is 11.8 Å². The molecule has 3 aromatic carbocycles. The molecular weight excluding hydrogens is 729 g/mol. The van der Waals surface area contributed by atoms with Gasteiger partial charge in [0.1, 0.15) is 29.2 Å². The molecule has 1 aromatic heterocycles. The highest BCUT2D eigenvalue weighted by molar-refractivity contribution is 6.15. The van der Waals surface area contributed by atoms with Crippen LogP contribution in [0.5, 0.6) is 11.5 Å². The molecule has 0 spiro atoms. The molecule has 0 unspecified atom stereocenters. The first-order chi connectivity index (χ1) is 28.3. The maximum absolute atomic E-state index is 12.2. The lowest BCUT2D eigenvalue weighted by molar-refractivity contribution is -0.617. The molecule has 4 saturated heterocycles. The first-order valence-electron chi connectivity index (χ1n) is 21.1. The van der Waals surface area contributed by atoms with Crippen molar-refractivity contribution in [2.24, 2.45) is 5.92 Å². The number of hydrogen-bond acceptors (Lipinski definition) is 10. The van der Waals surface area contributed by atoms with Crippen LogP contribution in [0.2, 0.25) is 0 Å². The molecule has 4 aliphatic heterocycles. The number of nitrogens with one attached hydrogen (secondary N) is 2. The summed E-state index contributed by atoms with van der Waals surface area (Å²) in [6, 6.07) is 25.6. The van der Waals surface area contributed by atoms with Crippen molar-refractivity contribution < 1.29 is 19.6 Å². The van der Waals surface area contributed by atoms with E-state index in [1.165, 1.54) is 57.2 Å². The van der Waals surface area contributed by atoms with E-state index in [-0.39, 0.29) is 11.9 Å². The van der Waals surface area contributed by atoms with Crippen LogP contribution in [0.3, 0.4) is 0 Å². The molecule has 4 fully saturated rings. The van der Waals surface area contributed by atoms with E-state index < -0.39 is 0 Å². The minimum Gasteiger partial charge on any atom is -0.457 e. The van der Waals surface area contributed by atoms with Gasteiger partial charge in [0, 0.05) is 69.8 Å². The van der Waals surface area contributed by atoms with Crippen LogP contribution in [-0.4, -0.2) is 114 Å². The second-order valence-electron chi connectivity index (χ2n) is 16.4. The van der Waals surface area contributed by atoms with Crippen molar-refractivity contribution in [3.05, 3.63) is 102 Å². The highest BCUT2D eigenvalue weighted by atomic mass is 16.5. The van der Waals surface area contributed by atoms with E-state index in [1.54, 1.807) is 4.90 Å². The molecular formula is C45H57N10O3+. The summed E-state index contributed by atoms with van der Waals surface area (Å²) < 4.78 is 5.94. The number of para-hydroxylation sites is 1. The van der Waals surface area contributed by atoms with Gasteiger partial charge in [-0.25, -0.2) is 9.78 Å². The molecule has 0 atom stereocenters. The lowest BCUT2D eigenvalue weighted by Crippen LogP contribution is -2.86. The van der Waals surface area contributed by atoms with Crippen LogP contribution in [0.4, 0.5) is 22.1 Å². The van der Waals surface area contributed by atoms with Gasteiger partial charge in [-0.05, 0) is 118 Å². The highest BCUT2D eigenvalue weighted by Crippen LogP contribution is 2.31. The molecule has 58 heavy (non-hydrogen) atoms. The smallest absolute Gasteiger partial charge is 0.328 e. The SMILES string of the molecule is N=C(c1ccc(Oc2ccccc2)cc1)c1c(N)ncnc1[NH2+]C1CCN(CCN2CCC(CN3CCC(c4ccc(N5CCC(=O)NC5=O)cc4)CC3)CC2)CC1. The standard InChI is InChI=1S/C45H56N10O3/c46-42(35-8-12-39(13-9-35)58-38-4-2-1-3-5-38)41-43(47)48-31-49-44(41)50-36-18-25-53(26-19-36)29-28-52-21-14-32(15-22-52)30-54-23-16-34(17-24-54)33-6-10-37(11-7-33)55-27-20-40(56)51-45(55)57/h1-13,31-32,34,36,46H,14-30H2,(H,51,56,57)(H3,47,48,49,50)/p+1. The van der Waals surface area contributed by atoms with Gasteiger partial charge < -0.3 is 25.2 Å². The monoisotopic (exact) mass is 785 g/mol. The molecule has 5 heterocycles. The fraction of sp³-hybridized carbons (Fsp3) is 0.444. The second kappa shape index (κ2) is 18.6. The van der Waals surface area contributed by atoms with Crippen molar-refractivity contribution in [1.82, 2.24) is 30.0 Å². The third-order valence-electron chi connectivity index (χ3n) is 12.6. The normalized spacial score (nSPS) is 19.6. The fourth-order valence-electron chi connectivity index (χ4n) is 9.05. The van der Waals surface area contributed by atoms with Crippen LogP contribution >= 0.6 is 0 Å². The highest BCUT2D eigenvalue weighted by Gasteiger charge is 2.29. The number of urea groups is 1. The number of likely N-dealkylation sites (tertiary alicyclic amines) is 3. The zero-order valence-electron chi connectivity index (χ0n) is 33.4. The number of carbonyl (C=O) groups excluding carboxylic acids is 2. The Morgan fingerprint density at radius 1 is 0.759 bits per heavy atom. The number of anilines is 2. The Hall–Kier alpha value is -5.21. The maximum atomic E-state index is 12.2. The molecule has 0 bridgehead atoms. The molecule has 4 aliphatic rings. The second-order valence-corrected chi connectivity index (χ2v) is 16.4. The molecule has 0 radical (unpaired) electrons. The lowest BCUT2D eigenvalue weighted by Gasteiger charge is -2.38. The Labute approximate surface area is 341 Å². The molecule has 6 N–H and O–H groups in total. The van der Waals surface area contributed by atoms with Crippen LogP contribution in [0, 0.1) is 11.3 Å². The van der Waals surface area contributed by atoms with Crippen molar-refractivity contribution in [3.8, 4) is 11.5 Å². The van der Waals surface area contributed by atoms with Gasteiger partial charge in [-0.2, -0.15) is 4.98 Å². The number of nitrogens with zero attached hydrogens (tertiary/aromatic N) is 6. The number of quaternary nitrogens is 1. The van der Waals surface area contributed by atoms with Crippen molar-refractivity contribution in [3.63, 3.8) is 0 Å². The van der Waals surface area contributed by atoms with Crippen molar-refractivity contribution >= 4 is 35.0 Å². The zero-order chi connectivity index (χ0) is 39.8. The van der Waals surface area contributed by atoms with Gasteiger partial charge in [-0.1, -0.05) is 30.3 Å². The van der Waals surface area contributed by atoms with Gasteiger partial charge in [-0.15, -0.1) is 0 Å². The van der Waals surface area contributed by atoms with E-state index in [0.717, 1.165) is 80.8 Å². The van der Waals surface area contributed by atoms with Gasteiger partial charge in [-0.3, -0.25) is 25.7 Å². The number of hydrogen-bond donors (Lipinski definition) is 4. The minimum absolute atomic E-state index is 0.203. The van der Waals surface area contributed by atoms with E-state index in [2.05, 4.69) is 47.4 Å². The third kappa shape index (κ3) is 9.90. The van der Waals surface area contributed by atoms with Crippen LogP contribution in [0.1, 0.15) is 67.6 Å². The number of amides is 3. The van der Waals surface area contributed by atoms with Crippen LogP contribution in [0.25, 0.3) is 0 Å². The average Bonchev–Trinajstić information content (AvgIpc) is 3.25. The summed E-state index contributed by atoms with van der Waals surface area (Å²) in [6.07, 6.45) is 8.86. The topological polar surface area (TPSA) is 161 Å². The first-order valence-corrected chi connectivity index (χ1v) is 21.1. The first kappa shape index (κ1) is 39.6. The molecule has 304 valence electrons. The van der Waals surface area contributed by atoms with Crippen molar-refractivity contribution in [2.75, 3.05) is 76.1 Å². The maximum Gasteiger partial charge on any atom is 0.328 e. The van der Waals surface area contributed by atoms with E-state index in [9.17, 15) is 9.59 Å². The number of imide groups is 1. The summed E-state index contributed by atoms with van der Waals surface area (Å²) in [5.41, 5.74) is 10.2. The van der Waals surface area contributed by atoms with Crippen LogP contribution < -0.4 is 26.0 Å². The number of carbonyl (C=O) groups is 2. The van der Waals surface area contributed by atoms with E-state index >= 15 is 0 Å². The average molecular weight is 786 g/mol. The quantitative estimate of drug-likeness (QED) is 0.137. The van der Waals surface area contributed by atoms with E-state index in [0.29, 0.717) is 47.8 Å². The van der Waals surface area contributed by atoms with E-state index in [1.807, 2.05) is 66.7 Å². The summed E-state index contributed by atoms with van der Waals surface area (Å²) in [7, 11) is 0. The summed E-state index contributed by atoms with van der Waals surface area (Å²) in [6.45, 7) is 10.7. The largest absolute Gasteiger partial charge is 0.457 e. The molecule has 3 amide bonds. The molecule has 8 rings (SSSR count). The summed E-state index contributed by atoms with van der Waals surface area (Å²) in [4.78, 5) is 42.2. The lowest BCUT2D eigenvalue weighted by atomic mass is 9.88. The minimum atomic E-state index is -0.329. The number of ether oxygens (including phenoxy) is 1. The molecule has 13 heteroatoms. The zero-order valence-corrected chi connectivity index (χ0v) is 33.4. The molecule has 0 saturated carbocycles. The molecule has 0 aliphatic carbocycles. The van der Waals surface area contributed by atoms with Crippen LogP contribution in [-0.2, 0) is 4.79 Å². The van der Waals surface area contributed by atoms with Gasteiger partial charge in [0.25, 0.3) is 0 Å². The number of nitrogens with two attached hydrogens (primary N) is 2. The van der Waals surface area contributed by atoms with Gasteiger partial charge in [0.15, 0.2) is 0 Å². The number of piperidine rings is 3. The number of nitrogen functional groups attached to an aromatic ring is 1. The predicted molar refractivity (Wildman–Crippen MR) is 226 cm³/mol.